The Balaban J connectivity index is 0.00000300. The predicted molar refractivity (Wildman–Crippen MR) is 130 cm³/mol. The lowest BCUT2D eigenvalue weighted by atomic mass is 9.84. The zero-order chi connectivity index (χ0) is 19.8. The Morgan fingerprint density at radius 1 is 1.10 bits per heavy atom. The van der Waals surface area contributed by atoms with Crippen LogP contribution in [0.15, 0.2) is 29.3 Å². The first-order chi connectivity index (χ1) is 13.7. The molecule has 1 saturated heterocycles. The fraction of sp³-hybridized carbons (Fsp3) is 0.619. The molecule has 1 aromatic carbocycles. The van der Waals surface area contributed by atoms with E-state index in [-0.39, 0.29) is 24.0 Å². The quantitative estimate of drug-likeness (QED) is 0.321. The van der Waals surface area contributed by atoms with Crippen LogP contribution in [0.1, 0.15) is 24.8 Å². The van der Waals surface area contributed by atoms with E-state index < -0.39 is 0 Å². The van der Waals surface area contributed by atoms with Gasteiger partial charge in [-0.15, -0.1) is 24.0 Å². The molecule has 1 aromatic rings. The van der Waals surface area contributed by atoms with E-state index in [0.29, 0.717) is 11.8 Å². The van der Waals surface area contributed by atoms with Gasteiger partial charge in [-0.3, -0.25) is 14.7 Å². The van der Waals surface area contributed by atoms with Gasteiger partial charge in [-0.1, -0.05) is 30.2 Å². The number of carbonyl (C=O) groups excluding carboxylic acids is 1. The van der Waals surface area contributed by atoms with Crippen LogP contribution in [0, 0.1) is 5.92 Å². The van der Waals surface area contributed by atoms with E-state index in [1.54, 1.807) is 7.05 Å². The molecule has 1 aliphatic heterocycles. The summed E-state index contributed by atoms with van der Waals surface area (Å²) in [4.78, 5) is 21.1. The molecule has 2 N–H and O–H groups in total. The molecular weight excluding hydrogens is 501 g/mol. The third-order valence-electron chi connectivity index (χ3n) is 5.70. The van der Waals surface area contributed by atoms with Gasteiger partial charge in [-0.25, -0.2) is 0 Å². The van der Waals surface area contributed by atoms with Crippen molar-refractivity contribution in [3.8, 4) is 0 Å². The number of halogens is 2. The first kappa shape index (κ1) is 24.2. The molecule has 1 amide bonds. The molecule has 1 saturated carbocycles. The Kier molecular flexibility index (Phi) is 10.5. The number of carbonyl (C=O) groups is 1. The first-order valence-corrected chi connectivity index (χ1v) is 10.7. The van der Waals surface area contributed by atoms with Crippen LogP contribution in [0.2, 0.25) is 5.02 Å². The van der Waals surface area contributed by atoms with Crippen molar-refractivity contribution in [2.24, 2.45) is 10.9 Å². The van der Waals surface area contributed by atoms with E-state index in [1.807, 2.05) is 12.1 Å². The van der Waals surface area contributed by atoms with E-state index in [2.05, 4.69) is 37.6 Å². The molecule has 2 fully saturated rings. The normalized spacial score (nSPS) is 18.0. The van der Waals surface area contributed by atoms with Gasteiger partial charge in [-0.2, -0.15) is 0 Å². The summed E-state index contributed by atoms with van der Waals surface area (Å²) in [5.41, 5.74) is 1.25. The van der Waals surface area contributed by atoms with Crippen molar-refractivity contribution in [3.05, 3.63) is 34.9 Å². The van der Waals surface area contributed by atoms with Gasteiger partial charge in [-0.05, 0) is 37.0 Å². The van der Waals surface area contributed by atoms with Gasteiger partial charge in [0.05, 0.1) is 0 Å². The molecule has 0 radical (unpaired) electrons. The summed E-state index contributed by atoms with van der Waals surface area (Å²) in [7, 11) is 1.79. The SMILES string of the molecule is CN=C(NCCc1ccc(Cl)cc1)NCCN1CCN(C(=O)C2CCC2)CC1.I. The minimum Gasteiger partial charge on any atom is -0.356 e. The molecule has 1 aliphatic carbocycles. The van der Waals surface area contributed by atoms with E-state index in [1.165, 1.54) is 12.0 Å². The Morgan fingerprint density at radius 2 is 1.76 bits per heavy atom. The van der Waals surface area contributed by atoms with E-state index in [0.717, 1.165) is 76.1 Å². The standard InChI is InChI=1S/C21H32ClN5O.HI/c1-23-21(24-10-9-17-5-7-19(22)8-6-17)25-11-12-26-13-15-27(16-14-26)20(28)18-3-2-4-18;/h5-8,18H,2-4,9-16H2,1H3,(H2,23,24,25);1H. The van der Waals surface area contributed by atoms with Crippen molar-refractivity contribution in [1.82, 2.24) is 20.4 Å². The van der Waals surface area contributed by atoms with Gasteiger partial charge in [0.1, 0.15) is 0 Å². The third-order valence-corrected chi connectivity index (χ3v) is 5.95. The second kappa shape index (κ2) is 12.6. The number of nitrogens with zero attached hydrogens (tertiary/aromatic N) is 3. The monoisotopic (exact) mass is 533 g/mol. The molecule has 3 rings (SSSR count). The van der Waals surface area contributed by atoms with Crippen LogP contribution < -0.4 is 10.6 Å². The Labute approximate surface area is 196 Å². The summed E-state index contributed by atoms with van der Waals surface area (Å²) < 4.78 is 0. The van der Waals surface area contributed by atoms with Crippen molar-refractivity contribution < 1.29 is 4.79 Å². The second-order valence-electron chi connectivity index (χ2n) is 7.60. The molecule has 162 valence electrons. The number of benzene rings is 1. The first-order valence-electron chi connectivity index (χ1n) is 10.4. The number of amides is 1. The molecular formula is C21H33ClIN5O. The minimum absolute atomic E-state index is 0. The van der Waals surface area contributed by atoms with Crippen LogP contribution >= 0.6 is 35.6 Å². The number of nitrogens with one attached hydrogen (secondary N) is 2. The molecule has 29 heavy (non-hydrogen) atoms. The number of aliphatic imine (C=N–C) groups is 1. The molecule has 0 unspecified atom stereocenters. The van der Waals surface area contributed by atoms with Gasteiger partial charge < -0.3 is 15.5 Å². The zero-order valence-electron chi connectivity index (χ0n) is 17.2. The fourth-order valence-electron chi connectivity index (χ4n) is 3.63. The molecule has 8 heteroatoms. The summed E-state index contributed by atoms with van der Waals surface area (Å²) >= 11 is 5.92. The van der Waals surface area contributed by atoms with E-state index >= 15 is 0 Å². The second-order valence-corrected chi connectivity index (χ2v) is 8.03. The lowest BCUT2D eigenvalue weighted by molar-refractivity contribution is -0.139. The topological polar surface area (TPSA) is 60.0 Å². The number of piperazine rings is 1. The molecule has 6 nitrogen and oxygen atoms in total. The minimum atomic E-state index is 0. The molecule has 2 aliphatic rings. The largest absolute Gasteiger partial charge is 0.356 e. The van der Waals surface area contributed by atoms with Crippen LogP contribution in [0.5, 0.6) is 0 Å². The summed E-state index contributed by atoms with van der Waals surface area (Å²) in [6, 6.07) is 7.94. The average molecular weight is 534 g/mol. The van der Waals surface area contributed by atoms with Gasteiger partial charge in [0.25, 0.3) is 0 Å². The van der Waals surface area contributed by atoms with Crippen molar-refractivity contribution in [3.63, 3.8) is 0 Å². The van der Waals surface area contributed by atoms with Crippen LogP contribution in [0.25, 0.3) is 0 Å². The summed E-state index contributed by atoms with van der Waals surface area (Å²) in [5.74, 6) is 1.53. The predicted octanol–water partition coefficient (Wildman–Crippen LogP) is 2.61. The van der Waals surface area contributed by atoms with Crippen LogP contribution in [-0.2, 0) is 11.2 Å². The maximum Gasteiger partial charge on any atom is 0.225 e. The average Bonchev–Trinajstić information content (AvgIpc) is 2.67. The van der Waals surface area contributed by atoms with Crippen molar-refractivity contribution in [2.45, 2.75) is 25.7 Å². The van der Waals surface area contributed by atoms with Gasteiger partial charge in [0.2, 0.25) is 5.91 Å². The smallest absolute Gasteiger partial charge is 0.225 e. The summed E-state index contributed by atoms with van der Waals surface area (Å²) in [6.07, 6.45) is 4.33. The van der Waals surface area contributed by atoms with Gasteiger partial charge in [0.15, 0.2) is 5.96 Å². The van der Waals surface area contributed by atoms with Crippen LogP contribution in [0.4, 0.5) is 0 Å². The van der Waals surface area contributed by atoms with Crippen molar-refractivity contribution >= 4 is 47.4 Å². The van der Waals surface area contributed by atoms with E-state index in [9.17, 15) is 4.79 Å². The molecule has 0 spiro atoms. The number of hydrogen-bond donors (Lipinski definition) is 2. The fourth-order valence-corrected chi connectivity index (χ4v) is 3.76. The van der Waals surface area contributed by atoms with Gasteiger partial charge in [0, 0.05) is 63.8 Å². The maximum atomic E-state index is 12.3. The van der Waals surface area contributed by atoms with Crippen molar-refractivity contribution in [1.29, 1.82) is 0 Å². The lowest BCUT2D eigenvalue weighted by Gasteiger charge is -2.38. The summed E-state index contributed by atoms with van der Waals surface area (Å²) in [5, 5.41) is 7.50. The molecule has 0 aromatic heterocycles. The maximum absolute atomic E-state index is 12.3. The Morgan fingerprint density at radius 3 is 2.34 bits per heavy atom. The number of rotatable bonds is 7. The third kappa shape index (κ3) is 7.61. The summed E-state index contributed by atoms with van der Waals surface area (Å²) in [6.45, 7) is 6.28. The van der Waals surface area contributed by atoms with Crippen LogP contribution in [-0.4, -0.2) is 74.5 Å². The highest BCUT2D eigenvalue weighted by molar-refractivity contribution is 14.0. The lowest BCUT2D eigenvalue weighted by Crippen LogP contribution is -2.52. The highest BCUT2D eigenvalue weighted by Gasteiger charge is 2.30. The molecule has 1 heterocycles. The Bertz CT molecular complexity index is 658. The van der Waals surface area contributed by atoms with Crippen molar-refractivity contribution in [2.75, 3.05) is 52.9 Å². The van der Waals surface area contributed by atoms with E-state index in [4.69, 9.17) is 11.6 Å². The zero-order valence-corrected chi connectivity index (χ0v) is 20.3. The molecule has 0 bridgehead atoms. The number of hydrogen-bond acceptors (Lipinski definition) is 3. The highest BCUT2D eigenvalue weighted by atomic mass is 127. The molecule has 0 atom stereocenters. The van der Waals surface area contributed by atoms with Crippen LogP contribution in [0.3, 0.4) is 0 Å². The Hall–Kier alpha value is -1.06. The number of guanidine groups is 1. The highest BCUT2D eigenvalue weighted by Crippen LogP contribution is 2.28. The van der Waals surface area contributed by atoms with Gasteiger partial charge >= 0.3 is 0 Å².